The predicted octanol–water partition coefficient (Wildman–Crippen LogP) is 2.45. The number of carbonyl (C=O) groups is 1. The molecule has 0 radical (unpaired) electrons. The Kier molecular flexibility index (Phi) is 6.17. The number of nitrogens with zero attached hydrogens (tertiary/aromatic N) is 3. The minimum atomic E-state index is -3.67. The van der Waals surface area contributed by atoms with Crippen LogP contribution in [-0.2, 0) is 22.5 Å². The van der Waals surface area contributed by atoms with Gasteiger partial charge >= 0.3 is 0 Å². The van der Waals surface area contributed by atoms with Crippen LogP contribution in [0.25, 0.3) is 0 Å². The molecule has 7 nitrogen and oxygen atoms in total. The second-order valence-electron chi connectivity index (χ2n) is 9.25. The van der Waals surface area contributed by atoms with E-state index in [4.69, 9.17) is 0 Å². The number of piperazine rings is 1. The minimum absolute atomic E-state index is 0.0672. The zero-order chi connectivity index (χ0) is 23.1. The average Bonchev–Trinajstić information content (AvgIpc) is 2.68. The van der Waals surface area contributed by atoms with Crippen LogP contribution in [0.2, 0.25) is 0 Å². The van der Waals surface area contributed by atoms with Gasteiger partial charge in [-0.25, -0.2) is 8.42 Å². The average molecular weight is 446 g/mol. The van der Waals surface area contributed by atoms with Crippen LogP contribution in [0, 0.1) is 13.8 Å². The van der Waals surface area contributed by atoms with Gasteiger partial charge in [-0.15, -0.1) is 0 Å². The standard InChI is InChI=1S/C23H31N3O4S/c1-16-13-19(23(3,4)5)14-17(2)21(16)31(29,30)26-11-9-25(10-12-26)22(28)18-7-8-24(6)20(27)15-18/h7-8,13-15H,9-12H2,1-6H3. The first kappa shape index (κ1) is 23.2. The molecule has 1 fully saturated rings. The molecule has 8 heteroatoms. The fourth-order valence-electron chi connectivity index (χ4n) is 3.91. The van der Waals surface area contributed by atoms with E-state index in [2.05, 4.69) is 20.8 Å². The highest BCUT2D eigenvalue weighted by molar-refractivity contribution is 7.89. The van der Waals surface area contributed by atoms with Crippen molar-refractivity contribution in [2.24, 2.45) is 7.05 Å². The smallest absolute Gasteiger partial charge is 0.254 e. The number of hydrogen-bond donors (Lipinski definition) is 0. The van der Waals surface area contributed by atoms with E-state index in [-0.39, 0.29) is 43.1 Å². The quantitative estimate of drug-likeness (QED) is 0.727. The molecule has 0 saturated carbocycles. The molecule has 1 saturated heterocycles. The van der Waals surface area contributed by atoms with Crippen molar-refractivity contribution >= 4 is 15.9 Å². The van der Waals surface area contributed by atoms with Crippen LogP contribution in [0.3, 0.4) is 0 Å². The van der Waals surface area contributed by atoms with Gasteiger partial charge in [0, 0.05) is 51.1 Å². The number of carbonyl (C=O) groups excluding carboxylic acids is 1. The van der Waals surface area contributed by atoms with E-state index in [1.807, 2.05) is 26.0 Å². The SMILES string of the molecule is Cc1cc(C(C)(C)C)cc(C)c1S(=O)(=O)N1CCN(C(=O)c2ccn(C)c(=O)c2)CC1. The van der Waals surface area contributed by atoms with Crippen molar-refractivity contribution in [2.45, 2.75) is 44.9 Å². The number of aryl methyl sites for hydroxylation is 3. The Morgan fingerprint density at radius 2 is 1.52 bits per heavy atom. The fourth-order valence-corrected chi connectivity index (χ4v) is 5.75. The summed E-state index contributed by atoms with van der Waals surface area (Å²) >= 11 is 0. The number of aromatic nitrogens is 1. The lowest BCUT2D eigenvalue weighted by Gasteiger charge is -2.34. The van der Waals surface area contributed by atoms with E-state index in [0.717, 1.165) is 16.7 Å². The molecular formula is C23H31N3O4S. The van der Waals surface area contributed by atoms with E-state index in [9.17, 15) is 18.0 Å². The third-order valence-corrected chi connectivity index (χ3v) is 8.01. The Labute approximate surface area is 184 Å². The molecular weight excluding hydrogens is 414 g/mol. The summed E-state index contributed by atoms with van der Waals surface area (Å²) < 4.78 is 29.6. The maximum absolute atomic E-state index is 13.4. The highest BCUT2D eigenvalue weighted by atomic mass is 32.2. The third kappa shape index (κ3) is 4.60. The lowest BCUT2D eigenvalue weighted by Crippen LogP contribution is -2.50. The number of sulfonamides is 1. The van der Waals surface area contributed by atoms with E-state index in [0.29, 0.717) is 10.5 Å². The van der Waals surface area contributed by atoms with Crippen LogP contribution in [0.4, 0.5) is 0 Å². The van der Waals surface area contributed by atoms with Crippen molar-refractivity contribution in [2.75, 3.05) is 26.2 Å². The van der Waals surface area contributed by atoms with E-state index in [1.54, 1.807) is 24.2 Å². The minimum Gasteiger partial charge on any atom is -0.336 e. The van der Waals surface area contributed by atoms with Gasteiger partial charge in [-0.3, -0.25) is 9.59 Å². The van der Waals surface area contributed by atoms with E-state index >= 15 is 0 Å². The molecule has 1 amide bonds. The molecule has 2 aromatic rings. The van der Waals surface area contributed by atoms with Gasteiger partial charge in [-0.1, -0.05) is 32.9 Å². The first-order valence-electron chi connectivity index (χ1n) is 10.4. The van der Waals surface area contributed by atoms with Gasteiger partial charge in [0.05, 0.1) is 4.90 Å². The lowest BCUT2D eigenvalue weighted by atomic mass is 9.85. The van der Waals surface area contributed by atoms with Gasteiger partial charge in [-0.2, -0.15) is 4.31 Å². The van der Waals surface area contributed by atoms with E-state index < -0.39 is 10.0 Å². The molecule has 1 aliphatic heterocycles. The highest BCUT2D eigenvalue weighted by Crippen LogP contribution is 2.31. The van der Waals surface area contributed by atoms with Gasteiger partial charge < -0.3 is 9.47 Å². The van der Waals surface area contributed by atoms with Gasteiger partial charge in [0.25, 0.3) is 11.5 Å². The van der Waals surface area contributed by atoms with Gasteiger partial charge in [0.2, 0.25) is 10.0 Å². The molecule has 1 aromatic carbocycles. The summed E-state index contributed by atoms with van der Waals surface area (Å²) in [6.07, 6.45) is 1.56. The zero-order valence-corrected chi connectivity index (χ0v) is 19.9. The maximum Gasteiger partial charge on any atom is 0.254 e. The Bertz CT molecular complexity index is 1150. The number of hydrogen-bond acceptors (Lipinski definition) is 4. The summed E-state index contributed by atoms with van der Waals surface area (Å²) in [5.74, 6) is -0.253. The van der Waals surface area contributed by atoms with Gasteiger partial charge in [-0.05, 0) is 42.0 Å². The molecule has 31 heavy (non-hydrogen) atoms. The number of amides is 1. The number of rotatable bonds is 3. The molecule has 3 rings (SSSR count). The molecule has 1 aromatic heterocycles. The van der Waals surface area contributed by atoms with Crippen LogP contribution in [-0.4, -0.2) is 54.3 Å². The predicted molar refractivity (Wildman–Crippen MR) is 121 cm³/mol. The largest absolute Gasteiger partial charge is 0.336 e. The highest BCUT2D eigenvalue weighted by Gasteiger charge is 2.33. The molecule has 0 spiro atoms. The summed E-state index contributed by atoms with van der Waals surface area (Å²) in [7, 11) is -2.05. The van der Waals surface area contributed by atoms with Crippen molar-refractivity contribution < 1.29 is 13.2 Å². The molecule has 0 bridgehead atoms. The number of benzene rings is 1. The fraction of sp³-hybridized carbons (Fsp3) is 0.478. The molecule has 0 N–H and O–H groups in total. The normalized spacial score (nSPS) is 15.9. The van der Waals surface area contributed by atoms with Crippen molar-refractivity contribution in [3.63, 3.8) is 0 Å². The topological polar surface area (TPSA) is 79.7 Å². The first-order chi connectivity index (χ1) is 14.3. The molecule has 0 aliphatic carbocycles. The van der Waals surface area contributed by atoms with Crippen LogP contribution in [0.1, 0.15) is 47.8 Å². The van der Waals surface area contributed by atoms with Crippen LogP contribution >= 0.6 is 0 Å². The lowest BCUT2D eigenvalue weighted by molar-refractivity contribution is 0.0697. The monoisotopic (exact) mass is 445 g/mol. The molecule has 0 unspecified atom stereocenters. The van der Waals surface area contributed by atoms with Crippen LogP contribution < -0.4 is 5.56 Å². The molecule has 2 heterocycles. The Morgan fingerprint density at radius 3 is 2.00 bits per heavy atom. The summed E-state index contributed by atoms with van der Waals surface area (Å²) in [5.41, 5.74) is 2.58. The molecule has 1 aliphatic rings. The zero-order valence-electron chi connectivity index (χ0n) is 19.1. The Balaban J connectivity index is 1.79. The van der Waals surface area contributed by atoms with Crippen LogP contribution in [0.15, 0.2) is 40.2 Å². The Hall–Kier alpha value is -2.45. The van der Waals surface area contributed by atoms with E-state index in [1.165, 1.54) is 14.9 Å². The maximum atomic E-state index is 13.4. The first-order valence-corrected chi connectivity index (χ1v) is 11.8. The summed E-state index contributed by atoms with van der Waals surface area (Å²) in [6, 6.07) is 6.83. The molecule has 0 atom stereocenters. The van der Waals surface area contributed by atoms with Crippen molar-refractivity contribution in [1.29, 1.82) is 0 Å². The van der Waals surface area contributed by atoms with Crippen LogP contribution in [0.5, 0.6) is 0 Å². The second kappa shape index (κ2) is 8.24. The summed E-state index contributed by atoms with van der Waals surface area (Å²) in [6.45, 7) is 11.0. The van der Waals surface area contributed by atoms with Crippen molar-refractivity contribution in [3.8, 4) is 0 Å². The summed E-state index contributed by atoms with van der Waals surface area (Å²) in [5, 5.41) is 0. The van der Waals surface area contributed by atoms with Gasteiger partial charge in [0.15, 0.2) is 0 Å². The van der Waals surface area contributed by atoms with Crippen molar-refractivity contribution in [1.82, 2.24) is 13.8 Å². The second-order valence-corrected chi connectivity index (χ2v) is 11.1. The summed E-state index contributed by atoms with van der Waals surface area (Å²) in [4.78, 5) is 26.5. The third-order valence-electron chi connectivity index (χ3n) is 5.80. The molecule has 168 valence electrons. The Morgan fingerprint density at radius 1 is 0.968 bits per heavy atom. The van der Waals surface area contributed by atoms with Crippen molar-refractivity contribution in [3.05, 3.63) is 63.1 Å². The van der Waals surface area contributed by atoms with Gasteiger partial charge in [0.1, 0.15) is 0 Å². The number of pyridine rings is 1.